The number of amides is 1. The topological polar surface area (TPSA) is 65.8 Å². The molecular weight excluding hydrogens is 185 g/mol. The Morgan fingerprint density at radius 2 is 2.43 bits per heavy atom. The standard InChI is InChI=1S/C9H8FN3O/c1-6(5-11)12-9(14)7-3-2-4-8(10)13-7/h2-4,6H,1H3,(H,12,14). The van der Waals surface area contributed by atoms with Gasteiger partial charge in [0.05, 0.1) is 6.07 Å². The lowest BCUT2D eigenvalue weighted by molar-refractivity contribution is 0.0941. The lowest BCUT2D eigenvalue weighted by atomic mass is 10.3. The second-order valence-electron chi connectivity index (χ2n) is 2.67. The molecule has 0 spiro atoms. The molecule has 1 amide bonds. The molecule has 0 saturated carbocycles. The number of rotatable bonds is 2. The van der Waals surface area contributed by atoms with E-state index in [0.717, 1.165) is 6.07 Å². The molecule has 72 valence electrons. The average Bonchev–Trinajstić information content (AvgIpc) is 2.17. The van der Waals surface area contributed by atoms with Gasteiger partial charge in [-0.3, -0.25) is 4.79 Å². The minimum absolute atomic E-state index is 0.0351. The van der Waals surface area contributed by atoms with Gasteiger partial charge in [0.25, 0.3) is 5.91 Å². The number of nitrogens with zero attached hydrogens (tertiary/aromatic N) is 2. The molecule has 0 bridgehead atoms. The van der Waals surface area contributed by atoms with Crippen molar-refractivity contribution in [2.75, 3.05) is 0 Å². The highest BCUT2D eigenvalue weighted by atomic mass is 19.1. The Hall–Kier alpha value is -1.96. The van der Waals surface area contributed by atoms with Gasteiger partial charge >= 0.3 is 0 Å². The Bertz CT molecular complexity index is 386. The number of nitriles is 1. The SMILES string of the molecule is CC(C#N)NC(=O)c1cccc(F)n1. The highest BCUT2D eigenvalue weighted by molar-refractivity contribution is 5.92. The molecule has 0 fully saturated rings. The lowest BCUT2D eigenvalue weighted by Gasteiger charge is -2.04. The van der Waals surface area contributed by atoms with Crippen LogP contribution in [-0.4, -0.2) is 16.9 Å². The molecule has 1 aromatic rings. The fraction of sp³-hybridized carbons (Fsp3) is 0.222. The number of aromatic nitrogens is 1. The molecule has 0 aliphatic heterocycles. The molecule has 1 rings (SSSR count). The van der Waals surface area contributed by atoms with Crippen molar-refractivity contribution in [2.24, 2.45) is 0 Å². The number of pyridine rings is 1. The third-order valence-electron chi connectivity index (χ3n) is 1.49. The van der Waals surface area contributed by atoms with Crippen LogP contribution in [0.15, 0.2) is 18.2 Å². The highest BCUT2D eigenvalue weighted by Crippen LogP contribution is 1.97. The van der Waals surface area contributed by atoms with Crippen LogP contribution < -0.4 is 5.32 Å². The number of nitrogens with one attached hydrogen (secondary N) is 1. The zero-order chi connectivity index (χ0) is 10.6. The van der Waals surface area contributed by atoms with Crippen molar-refractivity contribution in [3.8, 4) is 6.07 Å². The maximum Gasteiger partial charge on any atom is 0.271 e. The largest absolute Gasteiger partial charge is 0.335 e. The van der Waals surface area contributed by atoms with E-state index in [4.69, 9.17) is 5.26 Å². The maximum absolute atomic E-state index is 12.6. The van der Waals surface area contributed by atoms with Crippen LogP contribution in [0.1, 0.15) is 17.4 Å². The minimum atomic E-state index is -0.720. The van der Waals surface area contributed by atoms with Crippen molar-refractivity contribution < 1.29 is 9.18 Å². The van der Waals surface area contributed by atoms with Gasteiger partial charge in [0.1, 0.15) is 11.7 Å². The predicted octanol–water partition coefficient (Wildman–Crippen LogP) is 0.863. The molecule has 0 radical (unpaired) electrons. The molecule has 1 N–H and O–H groups in total. The van der Waals surface area contributed by atoms with Crippen LogP contribution in [0.4, 0.5) is 4.39 Å². The van der Waals surface area contributed by atoms with Crippen molar-refractivity contribution in [1.82, 2.24) is 10.3 Å². The molecule has 14 heavy (non-hydrogen) atoms. The normalized spacial score (nSPS) is 11.5. The quantitative estimate of drug-likeness (QED) is 0.708. The molecule has 0 saturated heterocycles. The summed E-state index contributed by atoms with van der Waals surface area (Å²) in [6.45, 7) is 1.52. The first-order valence-electron chi connectivity index (χ1n) is 3.96. The van der Waals surface area contributed by atoms with Crippen molar-refractivity contribution in [1.29, 1.82) is 5.26 Å². The number of halogens is 1. The average molecular weight is 193 g/mol. The first-order valence-corrected chi connectivity index (χ1v) is 3.96. The predicted molar refractivity (Wildman–Crippen MR) is 46.7 cm³/mol. The second-order valence-corrected chi connectivity index (χ2v) is 2.67. The van der Waals surface area contributed by atoms with Gasteiger partial charge in [-0.05, 0) is 19.1 Å². The molecule has 1 unspecified atom stereocenters. The first-order chi connectivity index (χ1) is 6.63. The summed E-state index contributed by atoms with van der Waals surface area (Å²) in [7, 11) is 0. The van der Waals surface area contributed by atoms with Gasteiger partial charge in [0.2, 0.25) is 5.95 Å². The molecule has 0 aliphatic rings. The summed E-state index contributed by atoms with van der Waals surface area (Å²) in [5.41, 5.74) is -0.0351. The van der Waals surface area contributed by atoms with E-state index in [0.29, 0.717) is 0 Å². The van der Waals surface area contributed by atoms with Crippen LogP contribution in [0.2, 0.25) is 0 Å². The molecule has 0 aromatic carbocycles. The third kappa shape index (κ3) is 2.52. The fourth-order valence-corrected chi connectivity index (χ4v) is 0.838. The van der Waals surface area contributed by atoms with Crippen LogP contribution in [0.3, 0.4) is 0 Å². The van der Waals surface area contributed by atoms with E-state index in [1.54, 1.807) is 0 Å². The summed E-state index contributed by atoms with van der Waals surface area (Å²) >= 11 is 0. The van der Waals surface area contributed by atoms with Gasteiger partial charge < -0.3 is 5.32 Å². The fourth-order valence-electron chi connectivity index (χ4n) is 0.838. The zero-order valence-electron chi connectivity index (χ0n) is 7.49. The number of hydrogen-bond acceptors (Lipinski definition) is 3. The monoisotopic (exact) mass is 193 g/mol. The Kier molecular flexibility index (Phi) is 3.13. The van der Waals surface area contributed by atoms with Gasteiger partial charge in [-0.2, -0.15) is 9.65 Å². The van der Waals surface area contributed by atoms with Crippen LogP contribution in [0.25, 0.3) is 0 Å². The van der Waals surface area contributed by atoms with E-state index in [-0.39, 0.29) is 5.69 Å². The van der Waals surface area contributed by atoms with Crippen molar-refractivity contribution in [2.45, 2.75) is 13.0 Å². The van der Waals surface area contributed by atoms with Crippen molar-refractivity contribution >= 4 is 5.91 Å². The Morgan fingerprint density at radius 1 is 1.71 bits per heavy atom. The lowest BCUT2D eigenvalue weighted by Crippen LogP contribution is -2.31. The van der Waals surface area contributed by atoms with Gasteiger partial charge in [-0.25, -0.2) is 4.98 Å². The van der Waals surface area contributed by atoms with E-state index in [2.05, 4.69) is 10.3 Å². The van der Waals surface area contributed by atoms with E-state index in [1.165, 1.54) is 19.1 Å². The molecule has 1 atom stereocenters. The summed E-state index contributed by atoms with van der Waals surface area (Å²) in [6.07, 6.45) is 0. The number of carbonyl (C=O) groups excluding carboxylic acids is 1. The molecule has 1 heterocycles. The van der Waals surface area contributed by atoms with Gasteiger partial charge in [0, 0.05) is 0 Å². The molecule has 4 nitrogen and oxygen atoms in total. The van der Waals surface area contributed by atoms with E-state index < -0.39 is 17.9 Å². The van der Waals surface area contributed by atoms with Crippen LogP contribution in [-0.2, 0) is 0 Å². The Morgan fingerprint density at radius 3 is 3.00 bits per heavy atom. The van der Waals surface area contributed by atoms with Crippen molar-refractivity contribution in [3.05, 3.63) is 29.8 Å². The summed E-state index contributed by atoms with van der Waals surface area (Å²) in [5.74, 6) is -1.28. The Labute approximate surface area is 80.4 Å². The van der Waals surface area contributed by atoms with E-state index in [1.807, 2.05) is 6.07 Å². The molecule has 0 aliphatic carbocycles. The summed E-state index contributed by atoms with van der Waals surface area (Å²) in [5, 5.41) is 10.8. The summed E-state index contributed by atoms with van der Waals surface area (Å²) in [4.78, 5) is 14.6. The van der Waals surface area contributed by atoms with Gasteiger partial charge in [-0.15, -0.1) is 0 Å². The van der Waals surface area contributed by atoms with Crippen LogP contribution >= 0.6 is 0 Å². The smallest absolute Gasteiger partial charge is 0.271 e. The first kappa shape index (κ1) is 10.1. The second kappa shape index (κ2) is 4.33. The van der Waals surface area contributed by atoms with Crippen LogP contribution in [0, 0.1) is 17.3 Å². The van der Waals surface area contributed by atoms with Gasteiger partial charge in [0.15, 0.2) is 0 Å². The van der Waals surface area contributed by atoms with E-state index >= 15 is 0 Å². The number of carbonyl (C=O) groups is 1. The summed E-state index contributed by atoms with van der Waals surface area (Å²) in [6, 6.07) is 5.11. The van der Waals surface area contributed by atoms with E-state index in [9.17, 15) is 9.18 Å². The number of hydrogen-bond donors (Lipinski definition) is 1. The zero-order valence-corrected chi connectivity index (χ0v) is 7.49. The minimum Gasteiger partial charge on any atom is -0.335 e. The third-order valence-corrected chi connectivity index (χ3v) is 1.49. The molecular formula is C9H8FN3O. The van der Waals surface area contributed by atoms with Crippen LogP contribution in [0.5, 0.6) is 0 Å². The maximum atomic E-state index is 12.6. The van der Waals surface area contributed by atoms with Crippen molar-refractivity contribution in [3.63, 3.8) is 0 Å². The molecule has 5 heteroatoms. The highest BCUT2D eigenvalue weighted by Gasteiger charge is 2.10. The Balaban J connectivity index is 2.76. The van der Waals surface area contributed by atoms with Gasteiger partial charge in [-0.1, -0.05) is 6.07 Å². The molecule has 1 aromatic heterocycles. The summed E-state index contributed by atoms with van der Waals surface area (Å²) < 4.78 is 12.6.